The lowest BCUT2D eigenvalue weighted by Crippen LogP contribution is -2.24. The maximum Gasteiger partial charge on any atom is 0.230 e. The van der Waals surface area contributed by atoms with Gasteiger partial charge in [0, 0.05) is 15.9 Å². The summed E-state index contributed by atoms with van der Waals surface area (Å²) in [5, 5.41) is 11.6. The van der Waals surface area contributed by atoms with Crippen LogP contribution in [0.2, 0.25) is 0 Å². The van der Waals surface area contributed by atoms with Crippen molar-refractivity contribution in [2.75, 3.05) is 5.75 Å². The SMILES string of the molecule is Cc1cc(Br)ccc1SCC(=O)NCc1ccc(C#N)cc1. The van der Waals surface area contributed by atoms with E-state index in [0.29, 0.717) is 17.9 Å². The standard InChI is InChI=1S/C17H15BrN2OS/c1-12-8-15(18)6-7-16(12)22-11-17(21)20-10-14-4-2-13(9-19)3-5-14/h2-8H,10-11H2,1H3,(H,20,21). The van der Waals surface area contributed by atoms with E-state index in [1.54, 1.807) is 12.1 Å². The Balaban J connectivity index is 1.81. The first-order valence-electron chi connectivity index (χ1n) is 6.73. The maximum absolute atomic E-state index is 11.9. The van der Waals surface area contributed by atoms with Crippen LogP contribution in [0.5, 0.6) is 0 Å². The van der Waals surface area contributed by atoms with Gasteiger partial charge in [-0.15, -0.1) is 11.8 Å². The number of halogens is 1. The van der Waals surface area contributed by atoms with Gasteiger partial charge in [0.15, 0.2) is 0 Å². The zero-order chi connectivity index (χ0) is 15.9. The lowest BCUT2D eigenvalue weighted by molar-refractivity contribution is -0.118. The molecule has 0 spiro atoms. The second-order valence-electron chi connectivity index (χ2n) is 4.78. The van der Waals surface area contributed by atoms with Crippen LogP contribution in [-0.4, -0.2) is 11.7 Å². The molecule has 0 unspecified atom stereocenters. The number of rotatable bonds is 5. The monoisotopic (exact) mass is 374 g/mol. The summed E-state index contributed by atoms with van der Waals surface area (Å²) >= 11 is 4.96. The molecule has 1 amide bonds. The van der Waals surface area contributed by atoms with E-state index in [-0.39, 0.29) is 5.91 Å². The van der Waals surface area contributed by atoms with Crippen molar-refractivity contribution in [3.63, 3.8) is 0 Å². The molecule has 0 aliphatic heterocycles. The molecule has 0 aromatic heterocycles. The van der Waals surface area contributed by atoms with Crippen molar-refractivity contribution >= 4 is 33.6 Å². The molecule has 0 radical (unpaired) electrons. The summed E-state index contributed by atoms with van der Waals surface area (Å²) in [6.45, 7) is 2.51. The smallest absolute Gasteiger partial charge is 0.230 e. The van der Waals surface area contributed by atoms with Crippen molar-refractivity contribution in [1.29, 1.82) is 5.26 Å². The maximum atomic E-state index is 11.9. The fraction of sp³-hybridized carbons (Fsp3) is 0.176. The molecule has 112 valence electrons. The van der Waals surface area contributed by atoms with Gasteiger partial charge in [-0.3, -0.25) is 4.79 Å². The molecule has 0 heterocycles. The van der Waals surface area contributed by atoms with E-state index in [4.69, 9.17) is 5.26 Å². The van der Waals surface area contributed by atoms with E-state index >= 15 is 0 Å². The molecule has 0 saturated heterocycles. The zero-order valence-electron chi connectivity index (χ0n) is 12.1. The highest BCUT2D eigenvalue weighted by molar-refractivity contribution is 9.10. The number of nitrogens with one attached hydrogen (secondary N) is 1. The number of amides is 1. The average Bonchev–Trinajstić information content (AvgIpc) is 2.52. The number of aryl methyl sites for hydroxylation is 1. The lowest BCUT2D eigenvalue weighted by Gasteiger charge is -2.07. The topological polar surface area (TPSA) is 52.9 Å². The predicted molar refractivity (Wildman–Crippen MR) is 92.6 cm³/mol. The predicted octanol–water partition coefficient (Wildman–Crippen LogP) is 4.04. The third kappa shape index (κ3) is 4.90. The summed E-state index contributed by atoms with van der Waals surface area (Å²) in [6, 6.07) is 15.3. The molecule has 22 heavy (non-hydrogen) atoms. The molecular weight excluding hydrogens is 360 g/mol. The van der Waals surface area contributed by atoms with Gasteiger partial charge in [-0.25, -0.2) is 0 Å². The van der Waals surface area contributed by atoms with E-state index in [1.807, 2.05) is 37.3 Å². The Kier molecular flexibility index (Phi) is 6.05. The fourth-order valence-electron chi connectivity index (χ4n) is 1.87. The number of carbonyl (C=O) groups is 1. The Morgan fingerprint density at radius 2 is 2.00 bits per heavy atom. The number of thioether (sulfide) groups is 1. The van der Waals surface area contributed by atoms with Gasteiger partial charge in [-0.2, -0.15) is 5.26 Å². The summed E-state index contributed by atoms with van der Waals surface area (Å²) in [7, 11) is 0. The molecule has 0 aliphatic carbocycles. The molecule has 0 atom stereocenters. The number of benzene rings is 2. The first-order chi connectivity index (χ1) is 10.6. The van der Waals surface area contributed by atoms with E-state index in [2.05, 4.69) is 27.3 Å². The Hall–Kier alpha value is -1.77. The summed E-state index contributed by atoms with van der Waals surface area (Å²) in [5.74, 6) is 0.385. The summed E-state index contributed by atoms with van der Waals surface area (Å²) < 4.78 is 1.04. The highest BCUT2D eigenvalue weighted by Crippen LogP contribution is 2.25. The van der Waals surface area contributed by atoms with Gasteiger partial charge in [0.05, 0.1) is 17.4 Å². The summed E-state index contributed by atoms with van der Waals surface area (Å²) in [6.07, 6.45) is 0. The van der Waals surface area contributed by atoms with Gasteiger partial charge in [0.25, 0.3) is 0 Å². The third-order valence-corrected chi connectivity index (χ3v) is 4.74. The zero-order valence-corrected chi connectivity index (χ0v) is 14.5. The van der Waals surface area contributed by atoms with Crippen LogP contribution in [0.25, 0.3) is 0 Å². The molecule has 5 heteroatoms. The van der Waals surface area contributed by atoms with Crippen LogP contribution in [-0.2, 0) is 11.3 Å². The Morgan fingerprint density at radius 3 is 2.64 bits per heavy atom. The number of nitrogens with zero attached hydrogens (tertiary/aromatic N) is 1. The molecule has 2 aromatic rings. The average molecular weight is 375 g/mol. The Morgan fingerprint density at radius 1 is 1.27 bits per heavy atom. The van der Waals surface area contributed by atoms with Crippen LogP contribution in [0, 0.1) is 18.3 Å². The molecule has 2 aromatic carbocycles. The molecular formula is C17H15BrN2OS. The van der Waals surface area contributed by atoms with E-state index in [1.165, 1.54) is 11.8 Å². The van der Waals surface area contributed by atoms with E-state index in [0.717, 1.165) is 20.5 Å². The molecule has 1 N–H and O–H groups in total. The van der Waals surface area contributed by atoms with Crippen LogP contribution < -0.4 is 5.32 Å². The van der Waals surface area contributed by atoms with Crippen molar-refractivity contribution in [1.82, 2.24) is 5.32 Å². The van der Waals surface area contributed by atoms with Gasteiger partial charge in [0.1, 0.15) is 0 Å². The molecule has 0 bridgehead atoms. The molecule has 0 saturated carbocycles. The van der Waals surface area contributed by atoms with E-state index < -0.39 is 0 Å². The van der Waals surface area contributed by atoms with Crippen molar-refractivity contribution < 1.29 is 4.79 Å². The van der Waals surface area contributed by atoms with Gasteiger partial charge in [0.2, 0.25) is 5.91 Å². The van der Waals surface area contributed by atoms with Gasteiger partial charge >= 0.3 is 0 Å². The van der Waals surface area contributed by atoms with Crippen molar-refractivity contribution in [3.05, 3.63) is 63.6 Å². The minimum atomic E-state index is -0.00308. The van der Waals surface area contributed by atoms with Gasteiger partial charge < -0.3 is 5.32 Å². The van der Waals surface area contributed by atoms with Crippen molar-refractivity contribution in [2.45, 2.75) is 18.4 Å². The van der Waals surface area contributed by atoms with Crippen LogP contribution in [0.15, 0.2) is 51.8 Å². The molecule has 2 rings (SSSR count). The highest BCUT2D eigenvalue weighted by atomic mass is 79.9. The van der Waals surface area contributed by atoms with Gasteiger partial charge in [-0.1, -0.05) is 28.1 Å². The highest BCUT2D eigenvalue weighted by Gasteiger charge is 2.05. The second kappa shape index (κ2) is 8.02. The minimum absolute atomic E-state index is 0.00308. The first kappa shape index (κ1) is 16.6. The van der Waals surface area contributed by atoms with Crippen molar-refractivity contribution in [3.8, 4) is 6.07 Å². The van der Waals surface area contributed by atoms with Crippen LogP contribution in [0.3, 0.4) is 0 Å². The fourth-order valence-corrected chi connectivity index (χ4v) is 3.18. The van der Waals surface area contributed by atoms with Crippen molar-refractivity contribution in [2.24, 2.45) is 0 Å². The first-order valence-corrected chi connectivity index (χ1v) is 8.51. The third-order valence-electron chi connectivity index (χ3n) is 3.07. The van der Waals surface area contributed by atoms with E-state index in [9.17, 15) is 4.79 Å². The minimum Gasteiger partial charge on any atom is -0.351 e. The Bertz CT molecular complexity index is 708. The second-order valence-corrected chi connectivity index (χ2v) is 6.72. The summed E-state index contributed by atoms with van der Waals surface area (Å²) in [5.41, 5.74) is 2.76. The lowest BCUT2D eigenvalue weighted by atomic mass is 10.1. The van der Waals surface area contributed by atoms with Gasteiger partial charge in [-0.05, 0) is 48.4 Å². The normalized spacial score (nSPS) is 10.0. The largest absolute Gasteiger partial charge is 0.351 e. The number of hydrogen-bond acceptors (Lipinski definition) is 3. The molecule has 0 fully saturated rings. The number of carbonyl (C=O) groups excluding carboxylic acids is 1. The molecule has 3 nitrogen and oxygen atoms in total. The quantitative estimate of drug-likeness (QED) is 0.803. The summed E-state index contributed by atoms with van der Waals surface area (Å²) in [4.78, 5) is 13.0. The Labute approximate surface area is 142 Å². The van der Waals surface area contributed by atoms with Crippen LogP contribution >= 0.6 is 27.7 Å². The number of hydrogen-bond donors (Lipinski definition) is 1. The van der Waals surface area contributed by atoms with Crippen LogP contribution in [0.4, 0.5) is 0 Å². The molecule has 0 aliphatic rings. The van der Waals surface area contributed by atoms with Crippen LogP contribution in [0.1, 0.15) is 16.7 Å². The number of nitriles is 1.